The molecular formula is C23H27N5O2. The first kappa shape index (κ1) is 20.2. The quantitative estimate of drug-likeness (QED) is 0.616. The lowest BCUT2D eigenvalue weighted by Gasteiger charge is -2.15. The van der Waals surface area contributed by atoms with Crippen molar-refractivity contribution in [1.82, 2.24) is 24.7 Å². The predicted molar refractivity (Wildman–Crippen MR) is 112 cm³/mol. The molecule has 7 heteroatoms. The topological polar surface area (TPSA) is 93.8 Å². The minimum atomic E-state index is -0.879. The molecule has 156 valence electrons. The molecule has 30 heavy (non-hydrogen) atoms. The van der Waals surface area contributed by atoms with E-state index in [0.717, 1.165) is 49.1 Å². The first-order valence-electron chi connectivity index (χ1n) is 10.6. The lowest BCUT2D eigenvalue weighted by atomic mass is 9.95. The maximum atomic E-state index is 11.4. The molecule has 1 atom stereocenters. The smallest absolute Gasteiger partial charge is 0.305 e. The molecule has 0 saturated carbocycles. The van der Waals surface area contributed by atoms with Crippen LogP contribution < -0.4 is 0 Å². The zero-order chi connectivity index (χ0) is 20.9. The first-order valence-corrected chi connectivity index (χ1v) is 10.6. The van der Waals surface area contributed by atoms with Gasteiger partial charge in [0.1, 0.15) is 5.82 Å². The summed E-state index contributed by atoms with van der Waals surface area (Å²) in [5, 5.41) is 14.0. The number of hydrogen-bond donors (Lipinski definition) is 1. The third-order valence-electron chi connectivity index (χ3n) is 5.64. The number of carboxylic acid groups (broad SMARTS) is 1. The summed E-state index contributed by atoms with van der Waals surface area (Å²) in [6, 6.07) is 5.94. The van der Waals surface area contributed by atoms with E-state index in [1.54, 1.807) is 24.0 Å². The van der Waals surface area contributed by atoms with Gasteiger partial charge in [-0.15, -0.1) is 0 Å². The fraction of sp³-hybridized carbons (Fsp3) is 0.435. The molecule has 3 heterocycles. The van der Waals surface area contributed by atoms with Crippen molar-refractivity contribution in [3.8, 4) is 0 Å². The second-order valence-electron chi connectivity index (χ2n) is 7.93. The van der Waals surface area contributed by atoms with Crippen LogP contribution in [-0.2, 0) is 30.5 Å². The number of aromatic nitrogens is 5. The largest absolute Gasteiger partial charge is 0.481 e. The number of hydrogen-bond acceptors (Lipinski definition) is 5. The molecule has 3 aromatic heterocycles. The second-order valence-corrected chi connectivity index (χ2v) is 7.93. The fourth-order valence-electron chi connectivity index (χ4n) is 4.01. The van der Waals surface area contributed by atoms with Crippen molar-refractivity contribution in [2.75, 3.05) is 0 Å². The molecule has 3 aromatic rings. The Morgan fingerprint density at radius 3 is 2.67 bits per heavy atom. The number of fused-ring (bicyclic) bond motifs is 1. The van der Waals surface area contributed by atoms with Gasteiger partial charge in [0.15, 0.2) is 0 Å². The van der Waals surface area contributed by atoms with Gasteiger partial charge < -0.3 is 5.11 Å². The van der Waals surface area contributed by atoms with E-state index in [1.807, 2.05) is 12.3 Å². The van der Waals surface area contributed by atoms with Gasteiger partial charge in [0.05, 0.1) is 18.2 Å². The molecule has 1 N–H and O–H groups in total. The lowest BCUT2D eigenvalue weighted by Crippen LogP contribution is -2.16. The summed E-state index contributed by atoms with van der Waals surface area (Å²) < 4.78 is 1.72. The van der Waals surface area contributed by atoms with Crippen molar-refractivity contribution in [3.63, 3.8) is 0 Å². The van der Waals surface area contributed by atoms with Crippen LogP contribution in [-0.4, -0.2) is 35.8 Å². The van der Waals surface area contributed by atoms with Crippen LogP contribution in [0.5, 0.6) is 0 Å². The van der Waals surface area contributed by atoms with Crippen LogP contribution in [0.4, 0.5) is 0 Å². The highest BCUT2D eigenvalue weighted by molar-refractivity contribution is 5.68. The minimum absolute atomic E-state index is 0.0629. The van der Waals surface area contributed by atoms with Gasteiger partial charge in [-0.25, -0.2) is 9.97 Å². The molecule has 0 unspecified atom stereocenters. The molecule has 0 fully saturated rings. The van der Waals surface area contributed by atoms with Crippen molar-refractivity contribution >= 4 is 5.97 Å². The average molecular weight is 406 g/mol. The number of pyridine rings is 1. The van der Waals surface area contributed by atoms with Crippen LogP contribution in [0.2, 0.25) is 0 Å². The van der Waals surface area contributed by atoms with Crippen LogP contribution in [0.3, 0.4) is 0 Å². The molecule has 0 saturated heterocycles. The van der Waals surface area contributed by atoms with Gasteiger partial charge in [-0.3, -0.25) is 14.5 Å². The van der Waals surface area contributed by atoms with E-state index in [4.69, 9.17) is 4.98 Å². The summed E-state index contributed by atoms with van der Waals surface area (Å²) in [7, 11) is 0. The van der Waals surface area contributed by atoms with Gasteiger partial charge in [0.2, 0.25) is 0 Å². The minimum Gasteiger partial charge on any atom is -0.481 e. The van der Waals surface area contributed by atoms with Gasteiger partial charge in [0.25, 0.3) is 0 Å². The number of carboxylic acids is 1. The summed E-state index contributed by atoms with van der Waals surface area (Å²) in [6.07, 6.45) is 12.6. The molecule has 0 amide bonds. The molecular weight excluding hydrogens is 378 g/mol. The van der Waals surface area contributed by atoms with Crippen molar-refractivity contribution < 1.29 is 9.90 Å². The Morgan fingerprint density at radius 2 is 1.87 bits per heavy atom. The van der Waals surface area contributed by atoms with Gasteiger partial charge >= 0.3 is 5.97 Å². The monoisotopic (exact) mass is 405 g/mol. The second kappa shape index (κ2) is 9.15. The Morgan fingerprint density at radius 1 is 1.10 bits per heavy atom. The van der Waals surface area contributed by atoms with Crippen LogP contribution in [0.15, 0.2) is 36.8 Å². The number of carbonyl (C=O) groups is 1. The third-order valence-corrected chi connectivity index (χ3v) is 5.64. The van der Waals surface area contributed by atoms with Crippen LogP contribution in [0.25, 0.3) is 0 Å². The van der Waals surface area contributed by atoms with E-state index in [9.17, 15) is 9.90 Å². The highest BCUT2D eigenvalue weighted by Crippen LogP contribution is 2.22. The van der Waals surface area contributed by atoms with Crippen LogP contribution in [0.1, 0.15) is 65.8 Å². The Labute approximate surface area is 176 Å². The van der Waals surface area contributed by atoms with E-state index in [1.165, 1.54) is 24.1 Å². The van der Waals surface area contributed by atoms with Gasteiger partial charge in [-0.1, -0.05) is 6.07 Å². The standard InChI is InChI=1S/C23H27N5O2/c1-16-24-14-18(15-25-16)22(13-23(29)30)28-12-11-20(27-28)7-4-6-19-10-9-17-5-2-3-8-21(17)26-19/h9-12,14-15,22H,2-8,13H2,1H3,(H,29,30)/t22-/m1/s1. The van der Waals surface area contributed by atoms with E-state index in [2.05, 4.69) is 27.2 Å². The summed E-state index contributed by atoms with van der Waals surface area (Å²) in [5.74, 6) is -0.221. The fourth-order valence-corrected chi connectivity index (χ4v) is 4.01. The zero-order valence-electron chi connectivity index (χ0n) is 17.3. The van der Waals surface area contributed by atoms with Crippen molar-refractivity contribution in [2.24, 2.45) is 0 Å². The maximum absolute atomic E-state index is 11.4. The average Bonchev–Trinajstić information content (AvgIpc) is 3.21. The molecule has 0 aromatic carbocycles. The highest BCUT2D eigenvalue weighted by Gasteiger charge is 2.19. The number of rotatable bonds is 8. The van der Waals surface area contributed by atoms with E-state index in [-0.39, 0.29) is 6.42 Å². The van der Waals surface area contributed by atoms with Crippen molar-refractivity contribution in [3.05, 3.63) is 70.8 Å². The molecule has 7 nitrogen and oxygen atoms in total. The molecule has 0 aliphatic heterocycles. The molecule has 0 radical (unpaired) electrons. The summed E-state index contributed by atoms with van der Waals surface area (Å²) in [5.41, 5.74) is 5.54. The van der Waals surface area contributed by atoms with Gasteiger partial charge in [-0.05, 0) is 69.6 Å². The zero-order valence-corrected chi connectivity index (χ0v) is 17.3. The molecule has 4 rings (SSSR count). The summed E-state index contributed by atoms with van der Waals surface area (Å²) in [4.78, 5) is 24.6. The SMILES string of the molecule is Cc1ncc([C@@H](CC(=O)O)n2ccc(CCCc3ccc4c(n3)CCCC4)n2)cn1. The van der Waals surface area contributed by atoms with E-state index >= 15 is 0 Å². The van der Waals surface area contributed by atoms with Crippen molar-refractivity contribution in [1.29, 1.82) is 0 Å². The number of aryl methyl sites for hydroxylation is 5. The van der Waals surface area contributed by atoms with Crippen LogP contribution >= 0.6 is 0 Å². The first-order chi connectivity index (χ1) is 14.6. The normalized spacial score (nSPS) is 14.3. The summed E-state index contributed by atoms with van der Waals surface area (Å²) >= 11 is 0. The van der Waals surface area contributed by atoms with E-state index in [0.29, 0.717) is 5.82 Å². The van der Waals surface area contributed by atoms with E-state index < -0.39 is 12.0 Å². The number of aliphatic carboxylic acids is 1. The van der Waals surface area contributed by atoms with Gasteiger partial charge in [-0.2, -0.15) is 5.10 Å². The highest BCUT2D eigenvalue weighted by atomic mass is 16.4. The Balaban J connectivity index is 1.40. The number of nitrogens with zero attached hydrogens (tertiary/aromatic N) is 5. The van der Waals surface area contributed by atoms with Crippen molar-refractivity contribution in [2.45, 2.75) is 64.3 Å². The Bertz CT molecular complexity index is 1010. The van der Waals surface area contributed by atoms with Crippen LogP contribution in [0, 0.1) is 6.92 Å². The maximum Gasteiger partial charge on any atom is 0.305 e. The molecule has 1 aliphatic rings. The van der Waals surface area contributed by atoms with Gasteiger partial charge in [0, 0.05) is 35.5 Å². The molecule has 1 aliphatic carbocycles. The summed E-state index contributed by atoms with van der Waals surface area (Å²) in [6.45, 7) is 1.80. The Kier molecular flexibility index (Phi) is 6.16. The molecule has 0 spiro atoms. The Hall–Kier alpha value is -3.09. The molecule has 0 bridgehead atoms. The lowest BCUT2D eigenvalue weighted by molar-refractivity contribution is -0.137. The third kappa shape index (κ3) is 4.90. The predicted octanol–water partition coefficient (Wildman–Crippen LogP) is 3.49.